The largest absolute Gasteiger partial charge is 0.501 e. The molecule has 0 aliphatic carbocycles. The Hall–Kier alpha value is -4.35. The van der Waals surface area contributed by atoms with Crippen LogP contribution in [0.4, 0.5) is 0 Å². The maximum absolute atomic E-state index is 6.22. The summed E-state index contributed by atoms with van der Waals surface area (Å²) in [5.41, 5.74) is 7.18. The third-order valence-corrected chi connectivity index (χ3v) is 9.52. The maximum Gasteiger partial charge on any atom is 0.120 e. The number of nitrogens with zero attached hydrogens (tertiary/aromatic N) is 2. The van der Waals surface area contributed by atoms with Crippen molar-refractivity contribution >= 4 is 57.1 Å². The molecule has 0 saturated carbocycles. The zero-order valence-electron chi connectivity index (χ0n) is 24.0. The van der Waals surface area contributed by atoms with Crippen LogP contribution in [-0.4, -0.2) is 18.0 Å². The molecule has 6 heteroatoms. The van der Waals surface area contributed by atoms with Gasteiger partial charge in [-0.3, -0.25) is 0 Å². The normalized spacial score (nSPS) is 11.4. The standard InChI is InChI=1S/C20H18NOSi.C17H10NO.Ir/c1-23(2,3)14-10-11-15-16-7-6-8-17(18-9-4-5-12-21-18)20(16)22-19(15)13-14;1-2-10-16-12(6-1)13-7-5-8-14(17(13)19-16)15-9-3-4-11-18-15;/h4-7,9-13H,1-3H3;1-7,9-11H;/q2*-1;. The fourth-order valence-electron chi connectivity index (χ4n) is 5.30. The topological polar surface area (TPSA) is 52.1 Å². The summed E-state index contributed by atoms with van der Waals surface area (Å²) >= 11 is 0. The Bertz CT molecular complexity index is 2180. The predicted molar refractivity (Wildman–Crippen MR) is 175 cm³/mol. The molecular weight excluding hydrogens is 725 g/mol. The van der Waals surface area contributed by atoms with Gasteiger partial charge in [0.05, 0.1) is 19.2 Å². The molecule has 4 heterocycles. The van der Waals surface area contributed by atoms with Gasteiger partial charge in [0.2, 0.25) is 0 Å². The summed E-state index contributed by atoms with van der Waals surface area (Å²) in [7, 11) is -1.36. The molecule has 0 aliphatic rings. The van der Waals surface area contributed by atoms with Crippen molar-refractivity contribution in [1.29, 1.82) is 0 Å². The second-order valence-corrected chi connectivity index (χ2v) is 16.4. The van der Waals surface area contributed by atoms with Gasteiger partial charge < -0.3 is 18.8 Å². The molecule has 0 bridgehead atoms. The Balaban J connectivity index is 0.000000152. The molecule has 0 fully saturated rings. The number of rotatable bonds is 3. The minimum Gasteiger partial charge on any atom is -0.501 e. The second-order valence-electron chi connectivity index (χ2n) is 11.3. The van der Waals surface area contributed by atoms with Gasteiger partial charge in [-0.2, -0.15) is 0 Å². The van der Waals surface area contributed by atoms with Gasteiger partial charge in [0, 0.05) is 43.3 Å². The Labute approximate surface area is 264 Å². The summed E-state index contributed by atoms with van der Waals surface area (Å²) in [5, 5.41) is 5.93. The first-order valence-electron chi connectivity index (χ1n) is 14.0. The molecule has 0 saturated heterocycles. The number of hydrogen-bond acceptors (Lipinski definition) is 4. The Kier molecular flexibility index (Phi) is 7.84. The summed E-state index contributed by atoms with van der Waals surface area (Å²) in [6.07, 6.45) is 3.58. The van der Waals surface area contributed by atoms with E-state index in [0.29, 0.717) is 0 Å². The Morgan fingerprint density at radius 3 is 1.65 bits per heavy atom. The van der Waals surface area contributed by atoms with E-state index in [4.69, 9.17) is 8.83 Å². The van der Waals surface area contributed by atoms with E-state index in [0.717, 1.165) is 66.4 Å². The summed E-state index contributed by atoms with van der Waals surface area (Å²) in [6.45, 7) is 7.05. The molecular formula is C37H28IrN2O2Si-2. The Morgan fingerprint density at radius 1 is 0.558 bits per heavy atom. The molecule has 4 aromatic heterocycles. The molecule has 4 aromatic carbocycles. The molecule has 0 amide bonds. The van der Waals surface area contributed by atoms with E-state index in [1.54, 1.807) is 12.4 Å². The van der Waals surface area contributed by atoms with Crippen LogP contribution >= 0.6 is 0 Å². The van der Waals surface area contributed by atoms with Crippen molar-refractivity contribution in [2.75, 3.05) is 0 Å². The van der Waals surface area contributed by atoms with Crippen molar-refractivity contribution in [3.63, 3.8) is 0 Å². The van der Waals surface area contributed by atoms with E-state index < -0.39 is 8.07 Å². The van der Waals surface area contributed by atoms with Gasteiger partial charge in [-0.15, -0.1) is 36.4 Å². The van der Waals surface area contributed by atoms with Crippen molar-refractivity contribution in [2.45, 2.75) is 19.6 Å². The molecule has 0 aliphatic heterocycles. The number of aromatic nitrogens is 2. The maximum atomic E-state index is 6.22. The second kappa shape index (κ2) is 11.7. The van der Waals surface area contributed by atoms with Crippen LogP contribution in [0.2, 0.25) is 19.6 Å². The number of furan rings is 2. The van der Waals surface area contributed by atoms with Crippen molar-refractivity contribution in [3.05, 3.63) is 128 Å². The van der Waals surface area contributed by atoms with Gasteiger partial charge in [-0.05, 0) is 35.7 Å². The zero-order valence-corrected chi connectivity index (χ0v) is 27.4. The Morgan fingerprint density at radius 2 is 1.09 bits per heavy atom. The number of pyridine rings is 2. The summed E-state index contributed by atoms with van der Waals surface area (Å²) in [5.74, 6) is 0. The van der Waals surface area contributed by atoms with E-state index in [1.165, 1.54) is 5.19 Å². The zero-order chi connectivity index (χ0) is 28.7. The fraction of sp³-hybridized carbons (Fsp3) is 0.0811. The van der Waals surface area contributed by atoms with E-state index in [1.807, 2.05) is 72.8 Å². The van der Waals surface area contributed by atoms with Crippen LogP contribution in [0.15, 0.2) is 124 Å². The average Bonchev–Trinajstić information content (AvgIpc) is 3.60. The van der Waals surface area contributed by atoms with Gasteiger partial charge in [0.15, 0.2) is 0 Å². The van der Waals surface area contributed by atoms with Crippen LogP contribution in [0.5, 0.6) is 0 Å². The molecule has 1 radical (unpaired) electrons. The van der Waals surface area contributed by atoms with Crippen molar-refractivity contribution < 1.29 is 28.9 Å². The van der Waals surface area contributed by atoms with Gasteiger partial charge in [0.25, 0.3) is 0 Å². The monoisotopic (exact) mass is 753 g/mol. The van der Waals surface area contributed by atoms with Crippen molar-refractivity contribution in [1.82, 2.24) is 9.97 Å². The van der Waals surface area contributed by atoms with Crippen LogP contribution in [-0.2, 0) is 20.1 Å². The summed E-state index contributed by atoms with van der Waals surface area (Å²) < 4.78 is 12.2. The molecule has 0 spiro atoms. The molecule has 43 heavy (non-hydrogen) atoms. The number of fused-ring (bicyclic) bond motifs is 6. The molecule has 0 atom stereocenters. The van der Waals surface area contributed by atoms with E-state index >= 15 is 0 Å². The van der Waals surface area contributed by atoms with Gasteiger partial charge in [-0.1, -0.05) is 101 Å². The van der Waals surface area contributed by atoms with E-state index in [9.17, 15) is 0 Å². The minimum absolute atomic E-state index is 0. The van der Waals surface area contributed by atoms with Gasteiger partial charge in [-0.25, -0.2) is 0 Å². The first kappa shape index (κ1) is 28.8. The summed E-state index contributed by atoms with van der Waals surface area (Å²) in [4.78, 5) is 8.82. The van der Waals surface area contributed by atoms with Gasteiger partial charge in [0.1, 0.15) is 11.2 Å². The van der Waals surface area contributed by atoms with Crippen LogP contribution in [0.25, 0.3) is 66.4 Å². The third kappa shape index (κ3) is 5.45. The first-order valence-corrected chi connectivity index (χ1v) is 17.5. The predicted octanol–water partition coefficient (Wildman–Crippen LogP) is 9.44. The average molecular weight is 753 g/mol. The number of para-hydroxylation sites is 1. The van der Waals surface area contributed by atoms with Crippen molar-refractivity contribution in [3.8, 4) is 22.5 Å². The smallest absolute Gasteiger partial charge is 0.120 e. The number of hydrogen-bond donors (Lipinski definition) is 0. The molecule has 0 unspecified atom stereocenters. The molecule has 0 N–H and O–H groups in total. The summed E-state index contributed by atoms with van der Waals surface area (Å²) in [6, 6.07) is 41.0. The fourth-order valence-corrected chi connectivity index (χ4v) is 6.45. The molecule has 8 rings (SSSR count). The number of benzene rings is 4. The molecule has 213 valence electrons. The van der Waals surface area contributed by atoms with Crippen LogP contribution in [0.1, 0.15) is 0 Å². The third-order valence-electron chi connectivity index (χ3n) is 7.48. The molecule has 8 aromatic rings. The van der Waals surface area contributed by atoms with Crippen LogP contribution in [0, 0.1) is 12.1 Å². The van der Waals surface area contributed by atoms with Crippen molar-refractivity contribution in [2.24, 2.45) is 0 Å². The quantitative estimate of drug-likeness (QED) is 0.133. The van der Waals surface area contributed by atoms with E-state index in [-0.39, 0.29) is 20.1 Å². The van der Waals surface area contributed by atoms with E-state index in [2.05, 4.69) is 72.1 Å². The first-order chi connectivity index (χ1) is 20.5. The van der Waals surface area contributed by atoms with Crippen LogP contribution in [0.3, 0.4) is 0 Å². The van der Waals surface area contributed by atoms with Crippen LogP contribution < -0.4 is 5.19 Å². The molecule has 4 nitrogen and oxygen atoms in total. The SMILES string of the molecule is C[Si](C)(C)c1ccc2c(c1)oc1c(-c3ccccn3)[c-]ccc12.[Ir].[c-]1ccc2c(oc3ccccc32)c1-c1ccccn1. The minimum atomic E-state index is -1.36. The van der Waals surface area contributed by atoms with Gasteiger partial charge >= 0.3 is 0 Å².